The van der Waals surface area contributed by atoms with Gasteiger partial charge in [0.1, 0.15) is 6.10 Å². The van der Waals surface area contributed by atoms with Crippen LogP contribution < -0.4 is 5.32 Å². The van der Waals surface area contributed by atoms with Crippen LogP contribution in [0.4, 0.5) is 0 Å². The van der Waals surface area contributed by atoms with E-state index in [0.717, 1.165) is 51.4 Å². The lowest BCUT2D eigenvalue weighted by Crippen LogP contribution is -2.50. The number of nitrogens with one attached hydrogen (secondary N) is 1. The van der Waals surface area contributed by atoms with E-state index in [9.17, 15) is 28.0 Å². The van der Waals surface area contributed by atoms with Crippen LogP contribution in [0.1, 0.15) is 97.3 Å². The first-order valence-electron chi connectivity index (χ1n) is 12.8. The van der Waals surface area contributed by atoms with Crippen molar-refractivity contribution in [3.05, 3.63) is 36.5 Å². The van der Waals surface area contributed by atoms with Gasteiger partial charge in [0.15, 0.2) is 0 Å². The zero-order valence-corrected chi connectivity index (χ0v) is 21.9. The monoisotopic (exact) mass is 501 g/mol. The lowest BCUT2D eigenvalue weighted by atomic mass is 10.1. The molecule has 0 bridgehead atoms. The summed E-state index contributed by atoms with van der Waals surface area (Å²) in [5, 5.41) is 22.8. The number of hydrogen-bond donors (Lipinski definition) is 4. The van der Waals surface area contributed by atoms with Gasteiger partial charge >= 0.3 is 0 Å². The maximum Gasteiger partial charge on any atom is 0.267 e. The van der Waals surface area contributed by atoms with Crippen LogP contribution in [0.5, 0.6) is 0 Å². The number of aliphatic hydroxyl groups is 2. The van der Waals surface area contributed by atoms with Crippen LogP contribution in [-0.2, 0) is 14.9 Å². The molecule has 0 aromatic rings. The molecule has 0 rings (SSSR count). The molecule has 34 heavy (non-hydrogen) atoms. The molecule has 1 amide bonds. The molecule has 0 aliphatic heterocycles. The quantitative estimate of drug-likeness (QED) is 0.101. The van der Waals surface area contributed by atoms with Gasteiger partial charge in [0.25, 0.3) is 10.1 Å². The summed E-state index contributed by atoms with van der Waals surface area (Å²) in [7, 11) is -4.43. The summed E-state index contributed by atoms with van der Waals surface area (Å²) in [6.45, 7) is 4.27. The number of allylic oxidation sites excluding steroid dienone is 5. The molecule has 198 valence electrons. The van der Waals surface area contributed by atoms with Gasteiger partial charge in [0.05, 0.1) is 17.9 Å². The highest BCUT2D eigenvalue weighted by Crippen LogP contribution is 2.10. The van der Waals surface area contributed by atoms with E-state index in [2.05, 4.69) is 37.4 Å². The van der Waals surface area contributed by atoms with E-state index in [0.29, 0.717) is 12.8 Å². The first-order chi connectivity index (χ1) is 16.2. The summed E-state index contributed by atoms with van der Waals surface area (Å²) in [5.41, 5.74) is 0. The van der Waals surface area contributed by atoms with E-state index in [1.165, 1.54) is 18.9 Å². The molecule has 3 unspecified atom stereocenters. The van der Waals surface area contributed by atoms with Gasteiger partial charge in [-0.15, -0.1) is 0 Å². The molecule has 0 aliphatic rings. The fraction of sp³-hybridized carbons (Fsp3) is 0.731. The van der Waals surface area contributed by atoms with Gasteiger partial charge in [-0.1, -0.05) is 88.8 Å². The number of rotatable bonds is 21. The van der Waals surface area contributed by atoms with Crippen LogP contribution in [0.15, 0.2) is 36.5 Å². The minimum atomic E-state index is -4.43. The van der Waals surface area contributed by atoms with E-state index in [1.54, 1.807) is 6.08 Å². The average molecular weight is 502 g/mol. The summed E-state index contributed by atoms with van der Waals surface area (Å²) in [4.78, 5) is 12.3. The summed E-state index contributed by atoms with van der Waals surface area (Å²) in [6.07, 6.45) is 21.0. The van der Waals surface area contributed by atoms with Crippen molar-refractivity contribution in [1.82, 2.24) is 5.32 Å². The Hall–Kier alpha value is -1.48. The molecule has 0 aromatic heterocycles. The van der Waals surface area contributed by atoms with Gasteiger partial charge in [-0.2, -0.15) is 8.42 Å². The Labute approximate surface area is 207 Å². The normalized spacial score (nSPS) is 15.3. The lowest BCUT2D eigenvalue weighted by Gasteiger charge is -2.22. The minimum absolute atomic E-state index is 0.257. The molecule has 0 saturated carbocycles. The smallest absolute Gasteiger partial charge is 0.267 e. The Morgan fingerprint density at radius 2 is 1.38 bits per heavy atom. The molecule has 0 aromatic carbocycles. The molecule has 0 fully saturated rings. The van der Waals surface area contributed by atoms with Gasteiger partial charge < -0.3 is 15.5 Å². The molecule has 0 saturated heterocycles. The van der Waals surface area contributed by atoms with Gasteiger partial charge in [-0.25, -0.2) is 0 Å². The van der Waals surface area contributed by atoms with E-state index < -0.39 is 40.0 Å². The maximum atomic E-state index is 12.3. The van der Waals surface area contributed by atoms with Crippen molar-refractivity contribution < 1.29 is 28.0 Å². The Kier molecular flexibility index (Phi) is 19.9. The predicted octanol–water partition coefficient (Wildman–Crippen LogP) is 4.86. The predicted molar refractivity (Wildman–Crippen MR) is 139 cm³/mol. The molecular weight excluding hydrogens is 454 g/mol. The third-order valence-electron chi connectivity index (χ3n) is 5.38. The maximum absolute atomic E-state index is 12.3. The second kappa shape index (κ2) is 20.9. The first-order valence-corrected chi connectivity index (χ1v) is 14.4. The molecule has 3 atom stereocenters. The summed E-state index contributed by atoms with van der Waals surface area (Å²) >= 11 is 0. The Morgan fingerprint density at radius 1 is 0.794 bits per heavy atom. The van der Waals surface area contributed by atoms with Crippen LogP contribution in [0.3, 0.4) is 0 Å². The highest BCUT2D eigenvalue weighted by atomic mass is 32.2. The second-order valence-corrected chi connectivity index (χ2v) is 10.2. The van der Waals surface area contributed by atoms with Crippen molar-refractivity contribution in [2.24, 2.45) is 0 Å². The summed E-state index contributed by atoms with van der Waals surface area (Å²) in [5.74, 6) is -1.58. The summed E-state index contributed by atoms with van der Waals surface area (Å²) < 4.78 is 31.9. The van der Waals surface area contributed by atoms with Crippen LogP contribution in [0, 0.1) is 0 Å². The fourth-order valence-corrected chi connectivity index (χ4v) is 4.07. The Morgan fingerprint density at radius 3 is 2.03 bits per heavy atom. The van der Waals surface area contributed by atoms with Gasteiger partial charge in [0.2, 0.25) is 5.91 Å². The van der Waals surface area contributed by atoms with Crippen molar-refractivity contribution in [3.63, 3.8) is 0 Å². The van der Waals surface area contributed by atoms with Crippen LogP contribution in [0.2, 0.25) is 0 Å². The standard InChI is InChI=1S/C26H47NO6S/c1-3-5-7-9-11-12-13-15-17-19-21-25(29)26(30)27-23(22-34(31,32)33)24(28)20-18-16-14-10-8-6-4-2/h8-11,18,20,23-25,28-29H,3-7,12-17,19,21-22H2,1-2H3,(H,27,30)(H,31,32,33)/b10-8+,11-9-,20-18+. The van der Waals surface area contributed by atoms with Gasteiger partial charge in [-0.3, -0.25) is 9.35 Å². The number of unbranched alkanes of at least 4 members (excludes halogenated alkanes) is 8. The average Bonchev–Trinajstić information content (AvgIpc) is 2.78. The number of hydrogen-bond acceptors (Lipinski definition) is 5. The largest absolute Gasteiger partial charge is 0.387 e. The van der Waals surface area contributed by atoms with Crippen molar-refractivity contribution in [1.29, 1.82) is 0 Å². The highest BCUT2D eigenvalue weighted by Gasteiger charge is 2.27. The lowest BCUT2D eigenvalue weighted by molar-refractivity contribution is -0.130. The first kappa shape index (κ1) is 32.5. The Bertz CT molecular complexity index is 702. The zero-order chi connectivity index (χ0) is 25.7. The molecule has 0 aliphatic carbocycles. The number of aliphatic hydroxyl groups excluding tert-OH is 2. The Balaban J connectivity index is 4.43. The molecule has 8 heteroatoms. The van der Waals surface area contributed by atoms with Crippen LogP contribution >= 0.6 is 0 Å². The van der Waals surface area contributed by atoms with Crippen molar-refractivity contribution in [2.45, 2.75) is 116 Å². The molecular formula is C26H47NO6S. The van der Waals surface area contributed by atoms with Crippen molar-refractivity contribution >= 4 is 16.0 Å². The third kappa shape index (κ3) is 19.9. The van der Waals surface area contributed by atoms with Crippen molar-refractivity contribution in [2.75, 3.05) is 5.75 Å². The van der Waals surface area contributed by atoms with Gasteiger partial charge in [-0.05, 0) is 44.9 Å². The van der Waals surface area contributed by atoms with Crippen molar-refractivity contribution in [3.8, 4) is 0 Å². The second-order valence-electron chi connectivity index (χ2n) is 8.74. The van der Waals surface area contributed by atoms with E-state index in [-0.39, 0.29) is 6.42 Å². The van der Waals surface area contributed by atoms with Gasteiger partial charge in [0, 0.05) is 0 Å². The summed E-state index contributed by atoms with van der Waals surface area (Å²) in [6, 6.07) is -1.25. The molecule has 0 spiro atoms. The number of carbonyl (C=O) groups excluding carboxylic acids is 1. The van der Waals surface area contributed by atoms with E-state index in [1.807, 2.05) is 6.08 Å². The van der Waals surface area contributed by atoms with E-state index in [4.69, 9.17) is 0 Å². The SMILES string of the molecule is CCC/C=C/CC/C=C/C(O)C(CS(=O)(=O)O)NC(=O)C(O)CCCCCC/C=C\CCCC. The van der Waals surface area contributed by atoms with E-state index >= 15 is 0 Å². The third-order valence-corrected chi connectivity index (χ3v) is 6.16. The van der Waals surface area contributed by atoms with Crippen LogP contribution in [-0.4, -0.2) is 53.1 Å². The molecule has 0 radical (unpaired) electrons. The fourth-order valence-electron chi connectivity index (χ4n) is 3.34. The molecule has 0 heterocycles. The zero-order valence-electron chi connectivity index (χ0n) is 21.1. The number of amides is 1. The molecule has 7 nitrogen and oxygen atoms in total. The van der Waals surface area contributed by atoms with Crippen LogP contribution in [0.25, 0.3) is 0 Å². The minimum Gasteiger partial charge on any atom is -0.387 e. The molecule has 4 N–H and O–H groups in total. The number of carbonyl (C=O) groups is 1. The highest BCUT2D eigenvalue weighted by molar-refractivity contribution is 7.85. The topological polar surface area (TPSA) is 124 Å².